The van der Waals surface area contributed by atoms with Crippen LogP contribution in [0.3, 0.4) is 0 Å². The van der Waals surface area contributed by atoms with Crippen molar-refractivity contribution in [2.45, 2.75) is 18.9 Å². The summed E-state index contributed by atoms with van der Waals surface area (Å²) in [5, 5.41) is 3.24. The molecule has 0 spiro atoms. The number of aromatic nitrogens is 2. The lowest BCUT2D eigenvalue weighted by molar-refractivity contribution is -0.125. The lowest BCUT2D eigenvalue weighted by Crippen LogP contribution is -2.61. The van der Waals surface area contributed by atoms with Gasteiger partial charge >= 0.3 is 0 Å². The average Bonchev–Trinajstić information content (AvgIpc) is 2.91. The average molecular weight is 467 g/mol. The highest BCUT2D eigenvalue weighted by Crippen LogP contribution is 2.38. The molecule has 182 valence electrons. The third-order valence-electron chi connectivity index (χ3n) is 7.19. The fourth-order valence-corrected chi connectivity index (χ4v) is 5.34. The Morgan fingerprint density at radius 3 is 2.88 bits per heavy atom. The van der Waals surface area contributed by atoms with E-state index in [2.05, 4.69) is 42.1 Å². The summed E-state index contributed by atoms with van der Waals surface area (Å²) >= 11 is 0. The Labute approximate surface area is 201 Å². The van der Waals surface area contributed by atoms with Gasteiger partial charge in [0.2, 0.25) is 5.91 Å². The molecule has 0 radical (unpaired) electrons. The first-order chi connectivity index (χ1) is 16.7. The predicted molar refractivity (Wildman–Crippen MR) is 130 cm³/mol. The fraction of sp³-hybridized carbons (Fsp3) is 0.560. The number of nitrogens with one attached hydrogen (secondary N) is 1. The van der Waals surface area contributed by atoms with Gasteiger partial charge < -0.3 is 24.6 Å². The number of fused-ring (bicyclic) bond motifs is 3. The standard InChI is InChI=1S/C25H34N6O3/c1-33-20-4-3-19-15-21(25(32)28-5-2-8-29-11-13-34-14-12-29)23-18-30(24-17-26-6-7-27-24)9-10-31(23)22(19)16-20/h3-4,6-7,16-17,21,23H,2,5,8-15,18H2,1H3,(H,28,32)/t21-,23-/m1/s1. The first-order valence-electron chi connectivity index (χ1n) is 12.3. The van der Waals surface area contributed by atoms with Gasteiger partial charge in [0.15, 0.2) is 0 Å². The molecule has 9 nitrogen and oxygen atoms in total. The second kappa shape index (κ2) is 10.6. The number of carbonyl (C=O) groups excluding carboxylic acids is 1. The second-order valence-electron chi connectivity index (χ2n) is 9.17. The molecule has 2 atom stereocenters. The van der Waals surface area contributed by atoms with Crippen LogP contribution in [-0.4, -0.2) is 93.0 Å². The van der Waals surface area contributed by atoms with E-state index in [1.165, 1.54) is 11.3 Å². The van der Waals surface area contributed by atoms with Crippen molar-refractivity contribution in [1.29, 1.82) is 0 Å². The van der Waals surface area contributed by atoms with Crippen molar-refractivity contribution in [3.05, 3.63) is 42.4 Å². The Morgan fingerprint density at radius 2 is 2.09 bits per heavy atom. The van der Waals surface area contributed by atoms with Gasteiger partial charge in [-0.05, 0) is 31.0 Å². The van der Waals surface area contributed by atoms with Crippen LogP contribution in [0.4, 0.5) is 11.5 Å². The molecule has 3 aliphatic rings. The number of carbonyl (C=O) groups is 1. The topological polar surface area (TPSA) is 83.1 Å². The number of morpholine rings is 1. The van der Waals surface area contributed by atoms with Gasteiger partial charge in [-0.15, -0.1) is 0 Å². The van der Waals surface area contributed by atoms with Crippen LogP contribution in [0, 0.1) is 5.92 Å². The van der Waals surface area contributed by atoms with Gasteiger partial charge in [-0.1, -0.05) is 6.07 Å². The number of amides is 1. The second-order valence-corrected chi connectivity index (χ2v) is 9.17. The van der Waals surface area contributed by atoms with Crippen LogP contribution in [0.1, 0.15) is 12.0 Å². The van der Waals surface area contributed by atoms with E-state index in [0.29, 0.717) is 6.54 Å². The first-order valence-corrected chi connectivity index (χ1v) is 12.3. The summed E-state index contributed by atoms with van der Waals surface area (Å²) < 4.78 is 10.9. The maximum absolute atomic E-state index is 13.4. The third kappa shape index (κ3) is 4.95. The van der Waals surface area contributed by atoms with Gasteiger partial charge in [-0.3, -0.25) is 14.7 Å². The largest absolute Gasteiger partial charge is 0.497 e. The van der Waals surface area contributed by atoms with Gasteiger partial charge in [0.05, 0.1) is 38.5 Å². The third-order valence-corrected chi connectivity index (χ3v) is 7.19. The number of ether oxygens (including phenoxy) is 2. The molecular weight excluding hydrogens is 432 g/mol. The number of rotatable bonds is 7. The van der Waals surface area contributed by atoms with Gasteiger partial charge in [-0.2, -0.15) is 0 Å². The van der Waals surface area contributed by atoms with Crippen LogP contribution in [-0.2, 0) is 16.0 Å². The summed E-state index contributed by atoms with van der Waals surface area (Å²) in [6.45, 7) is 7.65. The van der Waals surface area contributed by atoms with E-state index in [4.69, 9.17) is 9.47 Å². The molecule has 0 saturated carbocycles. The predicted octanol–water partition coefficient (Wildman–Crippen LogP) is 1.19. The maximum atomic E-state index is 13.4. The van der Waals surface area contributed by atoms with Crippen LogP contribution < -0.4 is 19.9 Å². The normalized spacial score (nSPS) is 22.6. The summed E-state index contributed by atoms with van der Waals surface area (Å²) in [7, 11) is 1.70. The Kier molecular flexibility index (Phi) is 7.10. The lowest BCUT2D eigenvalue weighted by atomic mass is 9.83. The summed E-state index contributed by atoms with van der Waals surface area (Å²) in [5.74, 6) is 1.73. The molecule has 0 aliphatic carbocycles. The number of benzene rings is 1. The quantitative estimate of drug-likeness (QED) is 0.610. The zero-order chi connectivity index (χ0) is 23.3. The molecule has 0 unspecified atom stereocenters. The smallest absolute Gasteiger partial charge is 0.225 e. The number of nitrogens with zero attached hydrogens (tertiary/aromatic N) is 5. The summed E-state index contributed by atoms with van der Waals surface area (Å²) in [4.78, 5) is 29.2. The van der Waals surface area contributed by atoms with Crippen molar-refractivity contribution in [1.82, 2.24) is 20.2 Å². The highest BCUT2D eigenvalue weighted by Gasteiger charge is 2.42. The van der Waals surface area contributed by atoms with Crippen molar-refractivity contribution in [2.75, 3.05) is 75.9 Å². The molecule has 2 saturated heterocycles. The summed E-state index contributed by atoms with van der Waals surface area (Å²) in [6.07, 6.45) is 6.89. The molecule has 0 bridgehead atoms. The minimum Gasteiger partial charge on any atom is -0.497 e. The van der Waals surface area contributed by atoms with Crippen LogP contribution >= 0.6 is 0 Å². The van der Waals surface area contributed by atoms with E-state index in [1.54, 1.807) is 25.7 Å². The number of piperazine rings is 1. The number of methoxy groups -OCH3 is 1. The molecule has 3 aliphatic heterocycles. The number of hydrogen-bond acceptors (Lipinski definition) is 8. The molecular formula is C25H34N6O3. The Morgan fingerprint density at radius 1 is 1.21 bits per heavy atom. The Balaban J connectivity index is 1.29. The zero-order valence-electron chi connectivity index (χ0n) is 19.9. The van der Waals surface area contributed by atoms with E-state index in [-0.39, 0.29) is 17.9 Å². The molecule has 1 N–H and O–H groups in total. The fourth-order valence-electron chi connectivity index (χ4n) is 5.34. The van der Waals surface area contributed by atoms with E-state index in [0.717, 1.165) is 76.9 Å². The van der Waals surface area contributed by atoms with E-state index < -0.39 is 0 Å². The minimum absolute atomic E-state index is 0.0644. The summed E-state index contributed by atoms with van der Waals surface area (Å²) in [6, 6.07) is 6.27. The monoisotopic (exact) mass is 466 g/mol. The van der Waals surface area contributed by atoms with Crippen molar-refractivity contribution in [3.63, 3.8) is 0 Å². The lowest BCUT2D eigenvalue weighted by Gasteiger charge is -2.49. The van der Waals surface area contributed by atoms with E-state index in [1.807, 2.05) is 6.07 Å². The SMILES string of the molecule is COc1ccc2c(c1)N1CCN(c3cnccn3)C[C@@H]1[C@H](C(=O)NCCCN1CCOCC1)C2. The van der Waals surface area contributed by atoms with Gasteiger partial charge in [-0.25, -0.2) is 4.98 Å². The Bertz CT molecular complexity index is 968. The molecule has 2 fully saturated rings. The van der Waals surface area contributed by atoms with E-state index in [9.17, 15) is 4.79 Å². The van der Waals surface area contributed by atoms with Crippen LogP contribution in [0.15, 0.2) is 36.8 Å². The molecule has 4 heterocycles. The number of anilines is 2. The molecule has 9 heteroatoms. The molecule has 1 aromatic carbocycles. The molecule has 1 aromatic heterocycles. The minimum atomic E-state index is -0.122. The zero-order valence-corrected chi connectivity index (χ0v) is 19.9. The number of hydrogen-bond donors (Lipinski definition) is 1. The van der Waals surface area contributed by atoms with Crippen molar-refractivity contribution >= 4 is 17.4 Å². The molecule has 5 rings (SSSR count). The summed E-state index contributed by atoms with van der Waals surface area (Å²) in [5.41, 5.74) is 2.39. The van der Waals surface area contributed by atoms with Gasteiger partial charge in [0, 0.05) is 63.4 Å². The van der Waals surface area contributed by atoms with Crippen molar-refractivity contribution in [3.8, 4) is 5.75 Å². The van der Waals surface area contributed by atoms with Crippen molar-refractivity contribution < 1.29 is 14.3 Å². The Hall–Kier alpha value is -2.91. The van der Waals surface area contributed by atoms with E-state index >= 15 is 0 Å². The molecule has 2 aromatic rings. The highest BCUT2D eigenvalue weighted by atomic mass is 16.5. The van der Waals surface area contributed by atoms with Crippen molar-refractivity contribution in [2.24, 2.45) is 5.92 Å². The van der Waals surface area contributed by atoms with Crippen LogP contribution in [0.5, 0.6) is 5.75 Å². The first kappa shape index (κ1) is 22.9. The maximum Gasteiger partial charge on any atom is 0.225 e. The van der Waals surface area contributed by atoms with Crippen LogP contribution in [0.25, 0.3) is 0 Å². The molecule has 1 amide bonds. The van der Waals surface area contributed by atoms with Gasteiger partial charge in [0.1, 0.15) is 11.6 Å². The van der Waals surface area contributed by atoms with Crippen LogP contribution in [0.2, 0.25) is 0 Å². The van der Waals surface area contributed by atoms with Gasteiger partial charge in [0.25, 0.3) is 0 Å². The molecule has 34 heavy (non-hydrogen) atoms. The highest BCUT2D eigenvalue weighted by molar-refractivity contribution is 5.82.